The second-order valence-corrected chi connectivity index (χ2v) is 16.7. The Morgan fingerprint density at radius 2 is 0.603 bits per heavy atom. The van der Waals surface area contributed by atoms with E-state index in [1.165, 1.54) is 0 Å². The van der Waals surface area contributed by atoms with Crippen molar-refractivity contribution in [2.75, 3.05) is 0 Å². The maximum Gasteiger partial charge on any atom is 0.238 e. The Morgan fingerprint density at radius 1 is 0.235 bits per heavy atom. The van der Waals surface area contributed by atoms with Gasteiger partial charge < -0.3 is 4.57 Å². The molecular formula is C60H38N8. The zero-order chi connectivity index (χ0) is 45.0. The van der Waals surface area contributed by atoms with Gasteiger partial charge in [0.25, 0.3) is 0 Å². The number of fused-ring (bicyclic) bond motifs is 6. The van der Waals surface area contributed by atoms with Gasteiger partial charge in [-0.25, -0.2) is 19.9 Å². The van der Waals surface area contributed by atoms with Crippen LogP contribution in [0.1, 0.15) is 0 Å². The number of hydrogen-bond donors (Lipinski definition) is 0. The van der Waals surface area contributed by atoms with Crippen molar-refractivity contribution in [2.45, 2.75) is 0 Å². The molecule has 0 aliphatic heterocycles. The van der Waals surface area contributed by atoms with E-state index in [0.717, 1.165) is 88.2 Å². The van der Waals surface area contributed by atoms with Crippen LogP contribution in [0.2, 0.25) is 0 Å². The molecule has 4 heterocycles. The van der Waals surface area contributed by atoms with Gasteiger partial charge in [0.2, 0.25) is 5.95 Å². The SMILES string of the molecule is c1ccc(-c2nc(-c3ccccc3-c3ccccc3)nc(-c3ccccc3-n3c4ccccc4c4cc5c(cc43)c3ccccc3n5-c3nc(-c4ccccc4)nc(-c4ccccc4)n3)n2)cc1. The van der Waals surface area contributed by atoms with Gasteiger partial charge in [-0.3, -0.25) is 4.57 Å². The zero-order valence-electron chi connectivity index (χ0n) is 36.5. The third-order valence-corrected chi connectivity index (χ3v) is 12.7. The first kappa shape index (κ1) is 39.0. The van der Waals surface area contributed by atoms with E-state index < -0.39 is 0 Å². The average molecular weight is 871 g/mol. The van der Waals surface area contributed by atoms with Crippen molar-refractivity contribution in [2.24, 2.45) is 0 Å². The maximum absolute atomic E-state index is 5.34. The first-order chi connectivity index (χ1) is 33.7. The van der Waals surface area contributed by atoms with Gasteiger partial charge in [-0.1, -0.05) is 194 Å². The molecule has 0 N–H and O–H groups in total. The molecule has 0 bridgehead atoms. The average Bonchev–Trinajstić information content (AvgIpc) is 3.92. The van der Waals surface area contributed by atoms with Gasteiger partial charge in [0.15, 0.2) is 29.1 Å². The summed E-state index contributed by atoms with van der Waals surface area (Å²) in [6.07, 6.45) is 0. The highest BCUT2D eigenvalue weighted by molar-refractivity contribution is 6.19. The predicted molar refractivity (Wildman–Crippen MR) is 275 cm³/mol. The van der Waals surface area contributed by atoms with Crippen molar-refractivity contribution in [3.8, 4) is 79.7 Å². The number of hydrogen-bond acceptors (Lipinski definition) is 6. The zero-order valence-corrected chi connectivity index (χ0v) is 36.5. The molecule has 0 spiro atoms. The summed E-state index contributed by atoms with van der Waals surface area (Å²) >= 11 is 0. The van der Waals surface area contributed by atoms with Gasteiger partial charge >= 0.3 is 0 Å². The monoisotopic (exact) mass is 870 g/mol. The molecule has 0 saturated carbocycles. The van der Waals surface area contributed by atoms with Crippen molar-refractivity contribution in [1.29, 1.82) is 0 Å². The molecule has 68 heavy (non-hydrogen) atoms. The first-order valence-corrected chi connectivity index (χ1v) is 22.6. The molecule has 0 fully saturated rings. The molecular weight excluding hydrogens is 833 g/mol. The molecule has 8 heteroatoms. The molecule has 0 atom stereocenters. The van der Waals surface area contributed by atoms with Crippen LogP contribution in [-0.4, -0.2) is 39.0 Å². The molecule has 0 amide bonds. The van der Waals surface area contributed by atoms with Crippen LogP contribution in [0.4, 0.5) is 0 Å². The van der Waals surface area contributed by atoms with Crippen LogP contribution in [0.3, 0.4) is 0 Å². The van der Waals surface area contributed by atoms with Gasteiger partial charge in [0.05, 0.1) is 27.8 Å². The minimum atomic E-state index is 0.547. The Balaban J connectivity index is 1.06. The lowest BCUT2D eigenvalue weighted by molar-refractivity contribution is 0.954. The van der Waals surface area contributed by atoms with E-state index in [1.54, 1.807) is 0 Å². The molecule has 0 saturated heterocycles. The Bertz CT molecular complexity index is 3960. The van der Waals surface area contributed by atoms with E-state index >= 15 is 0 Å². The second-order valence-electron chi connectivity index (χ2n) is 16.7. The topological polar surface area (TPSA) is 87.2 Å². The Morgan fingerprint density at radius 3 is 1.16 bits per heavy atom. The molecule has 0 aliphatic carbocycles. The van der Waals surface area contributed by atoms with E-state index in [4.69, 9.17) is 29.9 Å². The van der Waals surface area contributed by atoms with E-state index in [-0.39, 0.29) is 0 Å². The normalized spacial score (nSPS) is 11.5. The highest BCUT2D eigenvalue weighted by Crippen LogP contribution is 2.42. The molecule has 0 aliphatic rings. The number of aromatic nitrogens is 8. The number of nitrogens with zero attached hydrogens (tertiary/aromatic N) is 8. The molecule has 9 aromatic carbocycles. The summed E-state index contributed by atoms with van der Waals surface area (Å²) in [6, 6.07) is 79.3. The smallest absolute Gasteiger partial charge is 0.238 e. The number of para-hydroxylation sites is 3. The summed E-state index contributed by atoms with van der Waals surface area (Å²) in [5.41, 5.74) is 11.7. The van der Waals surface area contributed by atoms with Crippen molar-refractivity contribution >= 4 is 43.6 Å². The lowest BCUT2D eigenvalue weighted by Crippen LogP contribution is -2.06. The lowest BCUT2D eigenvalue weighted by Gasteiger charge is -2.15. The summed E-state index contributed by atoms with van der Waals surface area (Å²) in [5.74, 6) is 3.54. The first-order valence-electron chi connectivity index (χ1n) is 22.6. The van der Waals surface area contributed by atoms with Crippen LogP contribution < -0.4 is 0 Å². The number of benzene rings is 9. The largest absolute Gasteiger partial charge is 0.308 e. The van der Waals surface area contributed by atoms with Crippen LogP contribution in [0, 0.1) is 0 Å². The van der Waals surface area contributed by atoms with Crippen molar-refractivity contribution < 1.29 is 0 Å². The third-order valence-electron chi connectivity index (χ3n) is 12.7. The van der Waals surface area contributed by atoms with E-state index in [9.17, 15) is 0 Å². The lowest BCUT2D eigenvalue weighted by atomic mass is 9.99. The third kappa shape index (κ3) is 6.62. The molecule has 13 rings (SSSR count). The molecule has 0 unspecified atom stereocenters. The van der Waals surface area contributed by atoms with E-state index in [2.05, 4.69) is 149 Å². The minimum absolute atomic E-state index is 0.547. The quantitative estimate of drug-likeness (QED) is 0.151. The summed E-state index contributed by atoms with van der Waals surface area (Å²) in [5, 5.41) is 4.36. The highest BCUT2D eigenvalue weighted by atomic mass is 15.2. The molecule has 0 radical (unpaired) electrons. The van der Waals surface area contributed by atoms with E-state index in [0.29, 0.717) is 35.1 Å². The molecule has 318 valence electrons. The second kappa shape index (κ2) is 16.2. The molecule has 13 aromatic rings. The van der Waals surface area contributed by atoms with Crippen molar-refractivity contribution in [3.63, 3.8) is 0 Å². The van der Waals surface area contributed by atoms with Crippen LogP contribution in [0.5, 0.6) is 0 Å². The fraction of sp³-hybridized carbons (Fsp3) is 0. The fourth-order valence-corrected chi connectivity index (χ4v) is 9.54. The summed E-state index contributed by atoms with van der Waals surface area (Å²) in [4.78, 5) is 31.2. The predicted octanol–water partition coefficient (Wildman–Crippen LogP) is 14.3. The van der Waals surface area contributed by atoms with Crippen LogP contribution in [0.25, 0.3) is 123 Å². The summed E-state index contributed by atoms with van der Waals surface area (Å²) in [6.45, 7) is 0. The van der Waals surface area contributed by atoms with Gasteiger partial charge in [0.1, 0.15) is 0 Å². The van der Waals surface area contributed by atoms with Gasteiger partial charge in [0, 0.05) is 49.4 Å². The Hall–Kier alpha value is -9.40. The van der Waals surface area contributed by atoms with Crippen LogP contribution in [0.15, 0.2) is 231 Å². The maximum atomic E-state index is 5.34. The van der Waals surface area contributed by atoms with Crippen molar-refractivity contribution in [1.82, 2.24) is 39.0 Å². The highest BCUT2D eigenvalue weighted by Gasteiger charge is 2.24. The fourth-order valence-electron chi connectivity index (χ4n) is 9.54. The van der Waals surface area contributed by atoms with Gasteiger partial charge in [-0.2, -0.15) is 9.97 Å². The summed E-state index contributed by atoms with van der Waals surface area (Å²) < 4.78 is 4.55. The van der Waals surface area contributed by atoms with Crippen LogP contribution in [-0.2, 0) is 0 Å². The van der Waals surface area contributed by atoms with Crippen LogP contribution >= 0.6 is 0 Å². The minimum Gasteiger partial charge on any atom is -0.308 e. The standard InChI is InChI=1S/C60H38N8/c1-5-21-39(22-6-1)43-29-13-14-32-46(43)58-62-55(40-23-7-2-8-24-40)63-59(64-58)47-33-17-20-36-52(47)67-50-34-18-15-30-44(50)48-38-54-49(37-53(48)67)45-31-16-19-35-51(45)68(54)60-65-56(41-25-9-3-10-26-41)61-57(66-60)42-27-11-4-12-28-42/h1-38H. The van der Waals surface area contributed by atoms with Crippen molar-refractivity contribution in [3.05, 3.63) is 231 Å². The Kier molecular flexibility index (Phi) is 9.31. The van der Waals surface area contributed by atoms with E-state index in [1.807, 2.05) is 91.0 Å². The number of rotatable bonds is 8. The van der Waals surface area contributed by atoms with Gasteiger partial charge in [-0.05, 0) is 47.5 Å². The Labute approximate surface area is 391 Å². The molecule has 4 aromatic heterocycles. The summed E-state index contributed by atoms with van der Waals surface area (Å²) in [7, 11) is 0. The van der Waals surface area contributed by atoms with Gasteiger partial charge in [-0.15, -0.1) is 0 Å². The molecule has 8 nitrogen and oxygen atoms in total.